The maximum absolute atomic E-state index is 14.3. The van der Waals surface area contributed by atoms with Crippen LogP contribution >= 0.6 is 0 Å². The van der Waals surface area contributed by atoms with Gasteiger partial charge >= 0.3 is 36.7 Å². The monoisotopic (exact) mass is 528 g/mol. The van der Waals surface area contributed by atoms with E-state index in [1.807, 2.05) is 0 Å². The van der Waals surface area contributed by atoms with Gasteiger partial charge < -0.3 is 4.18 Å². The van der Waals surface area contributed by atoms with Crippen molar-refractivity contribution in [3.05, 3.63) is 28.8 Å². The van der Waals surface area contributed by atoms with E-state index in [-0.39, 0.29) is 16.7 Å². The molecule has 0 fully saturated rings. The van der Waals surface area contributed by atoms with E-state index in [0.717, 1.165) is 12.1 Å². The van der Waals surface area contributed by atoms with Crippen LogP contribution in [0.5, 0.6) is 5.75 Å². The van der Waals surface area contributed by atoms with Crippen molar-refractivity contribution in [1.29, 1.82) is 0 Å². The van der Waals surface area contributed by atoms with Gasteiger partial charge in [-0.2, -0.15) is 43.2 Å². The highest BCUT2D eigenvalue weighted by Gasteiger charge is 2.83. The van der Waals surface area contributed by atoms with Crippen LogP contribution in [0.1, 0.15) is 63.0 Å². The molecule has 1 N–H and O–H groups in total. The number of rotatable bonds is 7. The zero-order valence-corrected chi connectivity index (χ0v) is 19.8. The Labute approximate surface area is 187 Å². The Hall–Kier alpha value is -1.87. The summed E-state index contributed by atoms with van der Waals surface area (Å²) >= 11 is 0. The lowest BCUT2D eigenvalue weighted by molar-refractivity contribution is -0.247. The lowest BCUT2D eigenvalue weighted by Gasteiger charge is -2.32. The average Bonchev–Trinajstić information content (AvgIpc) is 2.58. The van der Waals surface area contributed by atoms with Crippen molar-refractivity contribution in [3.8, 4) is 5.75 Å². The van der Waals surface area contributed by atoms with Crippen LogP contribution in [-0.2, 0) is 31.1 Å². The molecule has 0 aliphatic heterocycles. The predicted octanol–water partition coefficient (Wildman–Crippen LogP) is 4.51. The summed E-state index contributed by atoms with van der Waals surface area (Å²) < 4.78 is 142. The fourth-order valence-corrected chi connectivity index (χ4v) is 4.04. The van der Waals surface area contributed by atoms with Gasteiger partial charge in [0.15, 0.2) is 0 Å². The molecule has 0 heterocycles. The van der Waals surface area contributed by atoms with Crippen LogP contribution in [0.25, 0.3) is 0 Å². The topological polar surface area (TPSA) is 115 Å². The molecule has 0 spiro atoms. The minimum Gasteiger partial charge on any atom is -0.377 e. The number of carbonyl (C=O) groups is 1. The van der Waals surface area contributed by atoms with E-state index < -0.39 is 53.2 Å². The van der Waals surface area contributed by atoms with Gasteiger partial charge in [-0.15, -0.1) is 0 Å². The molecule has 0 aromatic heterocycles. The van der Waals surface area contributed by atoms with E-state index in [1.165, 1.54) is 41.5 Å². The van der Waals surface area contributed by atoms with Gasteiger partial charge in [-0.05, 0) is 23.0 Å². The predicted molar refractivity (Wildman–Crippen MR) is 105 cm³/mol. The minimum absolute atomic E-state index is 0.0513. The summed E-state index contributed by atoms with van der Waals surface area (Å²) in [7, 11) is -14.2. The number of aldehydes is 1. The summed E-state index contributed by atoms with van der Waals surface area (Å²) in [5.41, 5.74) is -2.77. The highest BCUT2D eigenvalue weighted by molar-refractivity contribution is 7.88. The summed E-state index contributed by atoms with van der Waals surface area (Å²) in [6.07, 6.45) is 0.345. The third kappa shape index (κ3) is 4.99. The third-order valence-electron chi connectivity index (χ3n) is 4.43. The Bertz CT molecular complexity index is 1110. The van der Waals surface area contributed by atoms with Gasteiger partial charge in [-0.3, -0.25) is 9.35 Å². The van der Waals surface area contributed by atoms with E-state index in [0.29, 0.717) is 6.29 Å². The van der Waals surface area contributed by atoms with Crippen LogP contribution in [0.2, 0.25) is 0 Å². The molecule has 0 atom stereocenters. The Balaban J connectivity index is 3.94. The second-order valence-corrected chi connectivity index (χ2v) is 12.2. The number of halogens is 6. The van der Waals surface area contributed by atoms with Crippen LogP contribution in [0.3, 0.4) is 0 Å². The van der Waals surface area contributed by atoms with Crippen LogP contribution in [-0.4, -0.2) is 44.1 Å². The molecule has 15 heteroatoms. The molecule has 0 aliphatic rings. The summed E-state index contributed by atoms with van der Waals surface area (Å²) in [4.78, 5) is 11.3. The highest BCUT2D eigenvalue weighted by Crippen LogP contribution is 2.52. The van der Waals surface area contributed by atoms with Crippen molar-refractivity contribution in [2.75, 3.05) is 0 Å². The maximum Gasteiger partial charge on any atom is 0.450 e. The molecule has 190 valence electrons. The third-order valence-corrected chi connectivity index (χ3v) is 6.60. The first-order valence-corrected chi connectivity index (χ1v) is 11.8. The first-order valence-electron chi connectivity index (χ1n) is 8.94. The fourth-order valence-electron chi connectivity index (χ4n) is 2.57. The van der Waals surface area contributed by atoms with Crippen LogP contribution in [0.15, 0.2) is 12.1 Å². The van der Waals surface area contributed by atoms with Crippen LogP contribution in [0, 0.1) is 0 Å². The number of hydrogen-bond donors (Lipinski definition) is 1. The maximum atomic E-state index is 14.3. The van der Waals surface area contributed by atoms with Crippen molar-refractivity contribution in [2.24, 2.45) is 0 Å². The Morgan fingerprint density at radius 2 is 1.15 bits per heavy atom. The number of hydrogen-bond acceptors (Lipinski definition) is 6. The molecule has 1 rings (SSSR count). The summed E-state index contributed by atoms with van der Waals surface area (Å²) in [6.45, 7) is 8.60. The lowest BCUT2D eigenvalue weighted by atomic mass is 9.78. The zero-order valence-electron chi connectivity index (χ0n) is 18.2. The lowest BCUT2D eigenvalue weighted by Crippen LogP contribution is -2.61. The van der Waals surface area contributed by atoms with Gasteiger partial charge in [0, 0.05) is 16.7 Å². The molecule has 1 aromatic rings. The molecule has 0 aliphatic carbocycles. The number of benzene rings is 1. The molecule has 0 radical (unpaired) electrons. The molecule has 0 bridgehead atoms. The number of alkyl halides is 6. The molecule has 1 aromatic carbocycles. The van der Waals surface area contributed by atoms with E-state index in [4.69, 9.17) is 4.55 Å². The molecule has 33 heavy (non-hydrogen) atoms. The fraction of sp³-hybridized carbons (Fsp3) is 0.611. The van der Waals surface area contributed by atoms with Gasteiger partial charge in [0.2, 0.25) is 0 Å². The van der Waals surface area contributed by atoms with Gasteiger partial charge in [-0.1, -0.05) is 41.5 Å². The molecule has 0 saturated carbocycles. The van der Waals surface area contributed by atoms with Crippen LogP contribution in [0.4, 0.5) is 26.3 Å². The standard InChI is InChI=1S/C18H22F6O7S2/c1-14(2,3)11-7-10(9-25)8-12(15(4,5)6)13(11)31-33(29,30)18(23,24)16(19,20)17(21,22)32(26,27)28/h7-9H,1-6H3,(H,26,27,28). The Kier molecular flexibility index (Phi) is 7.17. The highest BCUT2D eigenvalue weighted by atomic mass is 32.2. The van der Waals surface area contributed by atoms with E-state index in [1.54, 1.807) is 0 Å². The Morgan fingerprint density at radius 1 is 0.788 bits per heavy atom. The first-order chi connectivity index (χ1) is 14.3. The molecule has 0 amide bonds. The van der Waals surface area contributed by atoms with Gasteiger partial charge in [-0.25, -0.2) is 0 Å². The van der Waals surface area contributed by atoms with Gasteiger partial charge in [0.1, 0.15) is 12.0 Å². The van der Waals surface area contributed by atoms with Crippen molar-refractivity contribution >= 4 is 26.5 Å². The normalized spacial score (nSPS) is 14.8. The molecular formula is C18H22F6O7S2. The summed E-state index contributed by atoms with van der Waals surface area (Å²) in [6, 6.07) is 2.08. The minimum atomic E-state index is -7.17. The van der Waals surface area contributed by atoms with Gasteiger partial charge in [0.05, 0.1) is 0 Å². The molecule has 0 saturated heterocycles. The largest absolute Gasteiger partial charge is 0.450 e. The SMILES string of the molecule is CC(C)(C)c1cc(C=O)cc(C(C)(C)C)c1OS(=O)(=O)C(F)(F)C(F)(F)C(F)(F)S(=O)(=O)O. The number of carbonyl (C=O) groups excluding carboxylic acids is 1. The second kappa shape index (κ2) is 8.12. The van der Waals surface area contributed by atoms with Crippen molar-refractivity contribution < 1.29 is 56.7 Å². The Morgan fingerprint density at radius 3 is 1.42 bits per heavy atom. The van der Waals surface area contributed by atoms with E-state index >= 15 is 0 Å². The van der Waals surface area contributed by atoms with E-state index in [9.17, 15) is 48.0 Å². The molecular weight excluding hydrogens is 506 g/mol. The van der Waals surface area contributed by atoms with Crippen molar-refractivity contribution in [1.82, 2.24) is 0 Å². The molecule has 0 unspecified atom stereocenters. The second-order valence-electron chi connectivity index (χ2n) is 9.18. The van der Waals surface area contributed by atoms with Crippen molar-refractivity contribution in [3.63, 3.8) is 0 Å². The average molecular weight is 528 g/mol. The van der Waals surface area contributed by atoms with Crippen LogP contribution < -0.4 is 4.18 Å². The molecule has 7 nitrogen and oxygen atoms in total. The summed E-state index contributed by atoms with van der Waals surface area (Å²) in [5, 5.41) is -13.7. The summed E-state index contributed by atoms with van der Waals surface area (Å²) in [5.74, 6) is -8.06. The quantitative estimate of drug-likeness (QED) is 0.240. The van der Waals surface area contributed by atoms with E-state index in [2.05, 4.69) is 4.18 Å². The smallest absolute Gasteiger partial charge is 0.377 e. The van der Waals surface area contributed by atoms with Crippen molar-refractivity contribution in [2.45, 2.75) is 68.8 Å². The zero-order chi connectivity index (χ0) is 26.6. The first kappa shape index (κ1) is 29.2. The van der Waals surface area contributed by atoms with Gasteiger partial charge in [0.25, 0.3) is 0 Å².